The van der Waals surface area contributed by atoms with Crippen molar-refractivity contribution in [2.75, 3.05) is 6.54 Å². The molecule has 2 nitrogen and oxygen atoms in total. The Bertz CT molecular complexity index is 413. The molecule has 0 unspecified atom stereocenters. The Balaban J connectivity index is 2.45. The average Bonchev–Trinajstić information content (AvgIpc) is 2.38. The first-order chi connectivity index (χ1) is 8.24. The molecule has 1 N–H and O–H groups in total. The molecule has 17 heavy (non-hydrogen) atoms. The monoisotopic (exact) mass is 231 g/mol. The molecule has 0 aromatic heterocycles. The second-order valence-electron chi connectivity index (χ2n) is 4.81. The minimum atomic E-state index is -0.287. The van der Waals surface area contributed by atoms with Crippen LogP contribution in [-0.2, 0) is 16.6 Å². The van der Waals surface area contributed by atoms with Crippen molar-refractivity contribution in [1.29, 1.82) is 0 Å². The number of aryl methyl sites for hydroxylation is 1. The average molecular weight is 231 g/mol. The molecule has 0 spiro atoms. The summed E-state index contributed by atoms with van der Waals surface area (Å²) in [7, 11) is 0. The van der Waals surface area contributed by atoms with Gasteiger partial charge < -0.3 is 5.32 Å². The van der Waals surface area contributed by atoms with Gasteiger partial charge >= 0.3 is 0 Å². The van der Waals surface area contributed by atoms with Crippen LogP contribution in [0.3, 0.4) is 0 Å². The number of carbonyl (C=O) groups is 1. The highest BCUT2D eigenvalue weighted by atomic mass is 16.2. The molecule has 0 fully saturated rings. The van der Waals surface area contributed by atoms with Gasteiger partial charge in [0.05, 0.1) is 5.41 Å². The molecule has 1 amide bonds. The van der Waals surface area contributed by atoms with E-state index in [4.69, 9.17) is 0 Å². The summed E-state index contributed by atoms with van der Waals surface area (Å²) >= 11 is 0. The predicted molar refractivity (Wildman–Crippen MR) is 70.0 cm³/mol. The summed E-state index contributed by atoms with van der Waals surface area (Å²) in [5.74, 6) is 0.203. The maximum Gasteiger partial charge on any atom is 0.230 e. The van der Waals surface area contributed by atoms with Crippen molar-refractivity contribution in [1.82, 2.24) is 5.32 Å². The number of nitrogens with one attached hydrogen (secondary N) is 1. The predicted octanol–water partition coefficient (Wildman–Crippen LogP) is 2.81. The highest BCUT2D eigenvalue weighted by Gasteiger charge is 2.41. The molecule has 0 heterocycles. The fraction of sp³-hybridized carbons (Fsp3) is 0.533. The van der Waals surface area contributed by atoms with Crippen molar-refractivity contribution in [3.63, 3.8) is 0 Å². The highest BCUT2D eigenvalue weighted by molar-refractivity contribution is 5.88. The standard InChI is InChI=1S/C15H21NO/c1-3-15(14(17)16-4-2)11-7-9-12-8-5-6-10-13(12)15/h5-6,8,10H,3-4,7,9,11H2,1-2H3,(H,16,17)/t15-/m1/s1. The molecule has 0 saturated carbocycles. The van der Waals surface area contributed by atoms with E-state index in [0.29, 0.717) is 6.54 Å². The van der Waals surface area contributed by atoms with Crippen molar-refractivity contribution >= 4 is 5.91 Å². The Kier molecular flexibility index (Phi) is 3.51. The number of fused-ring (bicyclic) bond motifs is 1. The van der Waals surface area contributed by atoms with E-state index in [2.05, 4.69) is 30.4 Å². The van der Waals surface area contributed by atoms with Crippen LogP contribution < -0.4 is 5.32 Å². The number of amides is 1. The summed E-state index contributed by atoms with van der Waals surface area (Å²) in [5.41, 5.74) is 2.32. The summed E-state index contributed by atoms with van der Waals surface area (Å²) in [6.45, 7) is 4.82. The van der Waals surface area contributed by atoms with Crippen LogP contribution in [-0.4, -0.2) is 12.5 Å². The Morgan fingerprint density at radius 3 is 2.82 bits per heavy atom. The van der Waals surface area contributed by atoms with Crippen LogP contribution >= 0.6 is 0 Å². The molecule has 0 radical (unpaired) electrons. The van der Waals surface area contributed by atoms with E-state index in [9.17, 15) is 4.79 Å². The van der Waals surface area contributed by atoms with Crippen molar-refractivity contribution < 1.29 is 4.79 Å². The second-order valence-corrected chi connectivity index (χ2v) is 4.81. The Morgan fingerprint density at radius 2 is 2.12 bits per heavy atom. The van der Waals surface area contributed by atoms with Gasteiger partial charge in [-0.25, -0.2) is 0 Å². The topological polar surface area (TPSA) is 29.1 Å². The molecule has 0 saturated heterocycles. The zero-order valence-corrected chi connectivity index (χ0v) is 10.8. The van der Waals surface area contributed by atoms with Crippen molar-refractivity contribution in [3.8, 4) is 0 Å². The lowest BCUT2D eigenvalue weighted by Crippen LogP contribution is -2.46. The van der Waals surface area contributed by atoms with E-state index in [-0.39, 0.29) is 11.3 Å². The van der Waals surface area contributed by atoms with Gasteiger partial charge in [0.25, 0.3) is 0 Å². The first-order valence-corrected chi connectivity index (χ1v) is 6.61. The number of hydrogen-bond acceptors (Lipinski definition) is 1. The van der Waals surface area contributed by atoms with Gasteiger partial charge in [-0.1, -0.05) is 31.2 Å². The van der Waals surface area contributed by atoms with Crippen LogP contribution in [0, 0.1) is 0 Å². The molecular weight excluding hydrogens is 210 g/mol. The van der Waals surface area contributed by atoms with Crippen molar-refractivity contribution in [2.45, 2.75) is 44.9 Å². The van der Waals surface area contributed by atoms with Crippen LogP contribution in [0.25, 0.3) is 0 Å². The van der Waals surface area contributed by atoms with Crippen LogP contribution in [0.5, 0.6) is 0 Å². The van der Waals surface area contributed by atoms with E-state index in [1.165, 1.54) is 11.1 Å². The van der Waals surface area contributed by atoms with E-state index in [1.807, 2.05) is 13.0 Å². The number of hydrogen-bond donors (Lipinski definition) is 1. The molecule has 0 bridgehead atoms. The maximum absolute atomic E-state index is 12.4. The fourth-order valence-corrected chi connectivity index (χ4v) is 3.01. The third kappa shape index (κ3) is 1.97. The minimum absolute atomic E-state index is 0.203. The summed E-state index contributed by atoms with van der Waals surface area (Å²) < 4.78 is 0. The van der Waals surface area contributed by atoms with E-state index >= 15 is 0 Å². The van der Waals surface area contributed by atoms with Gasteiger partial charge in [0.1, 0.15) is 0 Å². The van der Waals surface area contributed by atoms with E-state index < -0.39 is 0 Å². The molecule has 92 valence electrons. The SMILES string of the molecule is CCNC(=O)[C@]1(CC)CCCc2ccccc21. The minimum Gasteiger partial charge on any atom is -0.356 e. The molecular formula is C15H21NO. The molecule has 1 aromatic rings. The number of benzene rings is 1. The van der Waals surface area contributed by atoms with Gasteiger partial charge in [-0.15, -0.1) is 0 Å². The smallest absolute Gasteiger partial charge is 0.230 e. The number of rotatable bonds is 3. The van der Waals surface area contributed by atoms with Gasteiger partial charge in [-0.3, -0.25) is 4.79 Å². The van der Waals surface area contributed by atoms with Gasteiger partial charge in [-0.2, -0.15) is 0 Å². The molecule has 1 atom stereocenters. The summed E-state index contributed by atoms with van der Waals surface area (Å²) in [6.07, 6.45) is 4.08. The van der Waals surface area contributed by atoms with Gasteiger partial charge in [0, 0.05) is 6.54 Å². The Hall–Kier alpha value is -1.31. The van der Waals surface area contributed by atoms with Crippen molar-refractivity contribution in [3.05, 3.63) is 35.4 Å². The first-order valence-electron chi connectivity index (χ1n) is 6.61. The maximum atomic E-state index is 12.4. The van der Waals surface area contributed by atoms with Crippen LogP contribution in [0.1, 0.15) is 44.2 Å². The third-order valence-electron chi connectivity index (χ3n) is 3.96. The van der Waals surface area contributed by atoms with Gasteiger partial charge in [0.15, 0.2) is 0 Å². The number of carbonyl (C=O) groups excluding carboxylic acids is 1. The second kappa shape index (κ2) is 4.91. The van der Waals surface area contributed by atoms with Crippen molar-refractivity contribution in [2.24, 2.45) is 0 Å². The molecule has 1 aliphatic rings. The lowest BCUT2D eigenvalue weighted by molar-refractivity contribution is -0.127. The molecule has 2 heteroatoms. The zero-order valence-electron chi connectivity index (χ0n) is 10.8. The highest BCUT2D eigenvalue weighted by Crippen LogP contribution is 2.40. The van der Waals surface area contributed by atoms with E-state index in [0.717, 1.165) is 25.7 Å². The third-order valence-corrected chi connectivity index (χ3v) is 3.96. The Labute approximate surface area is 103 Å². The molecule has 1 aliphatic carbocycles. The summed E-state index contributed by atoms with van der Waals surface area (Å²) in [6, 6.07) is 8.42. The van der Waals surface area contributed by atoms with Gasteiger partial charge in [0.2, 0.25) is 5.91 Å². The lowest BCUT2D eigenvalue weighted by Gasteiger charge is -2.37. The van der Waals surface area contributed by atoms with Gasteiger partial charge in [-0.05, 0) is 43.7 Å². The molecule has 1 aromatic carbocycles. The first kappa shape index (κ1) is 12.2. The Morgan fingerprint density at radius 1 is 1.35 bits per heavy atom. The summed E-state index contributed by atoms with van der Waals surface area (Å²) in [5, 5.41) is 3.01. The normalized spacial score (nSPS) is 22.9. The molecule has 0 aliphatic heterocycles. The van der Waals surface area contributed by atoms with Crippen LogP contribution in [0.15, 0.2) is 24.3 Å². The quantitative estimate of drug-likeness (QED) is 0.851. The molecule has 2 rings (SSSR count). The summed E-state index contributed by atoms with van der Waals surface area (Å²) in [4.78, 5) is 12.4. The number of likely N-dealkylation sites (N-methyl/N-ethyl adjacent to an activating group) is 1. The van der Waals surface area contributed by atoms with E-state index in [1.54, 1.807) is 0 Å². The lowest BCUT2D eigenvalue weighted by atomic mass is 9.67. The zero-order chi connectivity index (χ0) is 12.3. The largest absolute Gasteiger partial charge is 0.356 e. The van der Waals surface area contributed by atoms with Crippen LogP contribution in [0.4, 0.5) is 0 Å². The van der Waals surface area contributed by atoms with Crippen LogP contribution in [0.2, 0.25) is 0 Å². The fourth-order valence-electron chi connectivity index (χ4n) is 3.01.